The van der Waals surface area contributed by atoms with Crippen LogP contribution in [0.3, 0.4) is 0 Å². The molecule has 2 aromatic carbocycles. The summed E-state index contributed by atoms with van der Waals surface area (Å²) in [5, 5.41) is 2.87. The molecule has 0 atom stereocenters. The van der Waals surface area contributed by atoms with Crippen molar-refractivity contribution in [3.8, 4) is 11.3 Å². The van der Waals surface area contributed by atoms with Gasteiger partial charge in [-0.1, -0.05) is 18.2 Å². The molecule has 0 spiro atoms. The molecule has 3 aromatic rings. The van der Waals surface area contributed by atoms with Crippen LogP contribution in [0, 0.1) is 11.6 Å². The summed E-state index contributed by atoms with van der Waals surface area (Å²) in [6.07, 6.45) is 5.95. The molecule has 0 saturated heterocycles. The third-order valence-electron chi connectivity index (χ3n) is 4.98. The van der Waals surface area contributed by atoms with Gasteiger partial charge in [-0.25, -0.2) is 13.8 Å². The Bertz CT molecular complexity index is 989. The van der Waals surface area contributed by atoms with E-state index in [1.807, 2.05) is 24.3 Å². The Kier molecular flexibility index (Phi) is 5.19. The van der Waals surface area contributed by atoms with Crippen molar-refractivity contribution < 1.29 is 13.6 Å². The fourth-order valence-electron chi connectivity index (χ4n) is 3.48. The van der Waals surface area contributed by atoms with Crippen LogP contribution in [0.15, 0.2) is 48.7 Å². The van der Waals surface area contributed by atoms with Crippen molar-refractivity contribution in [1.82, 2.24) is 9.55 Å². The normalized spacial score (nSPS) is 13.2. The van der Waals surface area contributed by atoms with Crippen LogP contribution in [-0.4, -0.2) is 15.5 Å². The van der Waals surface area contributed by atoms with E-state index in [0.29, 0.717) is 17.7 Å². The standard InChI is InChI=1S/C22H21F2N3O/c23-18-9-7-15(12-19(18)24)8-10-22(28)25-17-5-3-4-16(13-17)20-14-27-11-2-1-6-21(27)26-20/h3-5,7,9,12-14H,1-2,6,8,10-11H2,(H,25,28). The molecule has 1 amide bonds. The van der Waals surface area contributed by atoms with Crippen LogP contribution in [0.5, 0.6) is 0 Å². The number of fused-ring (bicyclic) bond motifs is 1. The van der Waals surface area contributed by atoms with Gasteiger partial charge in [-0.2, -0.15) is 0 Å². The molecule has 0 fully saturated rings. The molecule has 28 heavy (non-hydrogen) atoms. The molecule has 0 aliphatic carbocycles. The van der Waals surface area contributed by atoms with Gasteiger partial charge in [-0.05, 0) is 49.1 Å². The Balaban J connectivity index is 1.40. The minimum Gasteiger partial charge on any atom is -0.334 e. The van der Waals surface area contributed by atoms with Gasteiger partial charge in [0.25, 0.3) is 0 Å². The molecular formula is C22H21F2N3O. The predicted molar refractivity (Wildman–Crippen MR) is 104 cm³/mol. The molecule has 0 radical (unpaired) electrons. The molecule has 0 saturated carbocycles. The molecule has 4 nitrogen and oxygen atoms in total. The zero-order valence-corrected chi connectivity index (χ0v) is 15.4. The molecule has 2 heterocycles. The van der Waals surface area contributed by atoms with Gasteiger partial charge in [0.15, 0.2) is 11.6 Å². The lowest BCUT2D eigenvalue weighted by molar-refractivity contribution is -0.116. The van der Waals surface area contributed by atoms with Crippen molar-refractivity contribution in [2.45, 2.75) is 38.6 Å². The lowest BCUT2D eigenvalue weighted by atomic mass is 10.1. The van der Waals surface area contributed by atoms with Crippen LogP contribution < -0.4 is 5.32 Å². The van der Waals surface area contributed by atoms with Crippen LogP contribution in [0.25, 0.3) is 11.3 Å². The Labute approximate surface area is 162 Å². The van der Waals surface area contributed by atoms with E-state index >= 15 is 0 Å². The van der Waals surface area contributed by atoms with Crippen molar-refractivity contribution in [3.63, 3.8) is 0 Å². The van der Waals surface area contributed by atoms with E-state index in [0.717, 1.165) is 42.2 Å². The number of nitrogens with one attached hydrogen (secondary N) is 1. The van der Waals surface area contributed by atoms with Crippen molar-refractivity contribution >= 4 is 11.6 Å². The van der Waals surface area contributed by atoms with Gasteiger partial charge in [0.05, 0.1) is 5.69 Å². The molecular weight excluding hydrogens is 360 g/mol. The molecule has 0 unspecified atom stereocenters. The smallest absolute Gasteiger partial charge is 0.224 e. The van der Waals surface area contributed by atoms with E-state index in [1.54, 1.807) is 0 Å². The Hall–Kier alpha value is -3.02. The quantitative estimate of drug-likeness (QED) is 0.694. The van der Waals surface area contributed by atoms with Crippen molar-refractivity contribution in [3.05, 3.63) is 71.7 Å². The summed E-state index contributed by atoms with van der Waals surface area (Å²) in [4.78, 5) is 17.0. The Morgan fingerprint density at radius 3 is 2.82 bits per heavy atom. The number of aryl methyl sites for hydroxylation is 3. The number of carbonyl (C=O) groups is 1. The number of imidazole rings is 1. The summed E-state index contributed by atoms with van der Waals surface area (Å²) in [6.45, 7) is 1.00. The van der Waals surface area contributed by atoms with Gasteiger partial charge < -0.3 is 9.88 Å². The largest absolute Gasteiger partial charge is 0.334 e. The number of nitrogens with zero attached hydrogens (tertiary/aromatic N) is 2. The number of aromatic nitrogens is 2. The Morgan fingerprint density at radius 1 is 1.11 bits per heavy atom. The summed E-state index contributed by atoms with van der Waals surface area (Å²) in [6, 6.07) is 11.3. The van der Waals surface area contributed by atoms with Gasteiger partial charge >= 0.3 is 0 Å². The Morgan fingerprint density at radius 2 is 2.00 bits per heavy atom. The highest BCUT2D eigenvalue weighted by Crippen LogP contribution is 2.25. The number of benzene rings is 2. The second-order valence-corrected chi connectivity index (χ2v) is 7.07. The first kappa shape index (κ1) is 18.3. The second kappa shape index (κ2) is 7.92. The number of rotatable bonds is 5. The summed E-state index contributed by atoms with van der Waals surface area (Å²) >= 11 is 0. The number of anilines is 1. The average Bonchev–Trinajstić information content (AvgIpc) is 3.13. The maximum Gasteiger partial charge on any atom is 0.224 e. The number of hydrogen-bond donors (Lipinski definition) is 1. The van der Waals surface area contributed by atoms with Crippen molar-refractivity contribution in [2.24, 2.45) is 0 Å². The van der Waals surface area contributed by atoms with E-state index in [9.17, 15) is 13.6 Å². The van der Waals surface area contributed by atoms with Gasteiger partial charge in [-0.15, -0.1) is 0 Å². The lowest BCUT2D eigenvalue weighted by Gasteiger charge is -2.11. The van der Waals surface area contributed by atoms with Crippen molar-refractivity contribution in [1.29, 1.82) is 0 Å². The molecule has 1 N–H and O–H groups in total. The average molecular weight is 381 g/mol. The van der Waals surface area contributed by atoms with Gasteiger partial charge in [0.2, 0.25) is 5.91 Å². The van der Waals surface area contributed by atoms with Crippen molar-refractivity contribution in [2.75, 3.05) is 5.32 Å². The topological polar surface area (TPSA) is 46.9 Å². The third kappa shape index (κ3) is 4.11. The summed E-state index contributed by atoms with van der Waals surface area (Å²) in [5.41, 5.74) is 3.15. The first-order valence-corrected chi connectivity index (χ1v) is 9.49. The van der Waals surface area contributed by atoms with Crippen LogP contribution in [0.1, 0.15) is 30.7 Å². The van der Waals surface area contributed by atoms with Gasteiger partial charge in [-0.3, -0.25) is 4.79 Å². The molecule has 4 rings (SSSR count). The predicted octanol–water partition coefficient (Wildman–Crippen LogP) is 4.74. The minimum absolute atomic E-state index is 0.175. The molecule has 0 bridgehead atoms. The number of halogens is 2. The van der Waals surface area contributed by atoms with Gasteiger partial charge in [0, 0.05) is 36.8 Å². The zero-order chi connectivity index (χ0) is 19.5. The fraction of sp³-hybridized carbons (Fsp3) is 0.273. The second-order valence-electron chi connectivity index (χ2n) is 7.07. The fourth-order valence-corrected chi connectivity index (χ4v) is 3.48. The monoisotopic (exact) mass is 381 g/mol. The maximum atomic E-state index is 13.3. The molecule has 1 aliphatic heterocycles. The van der Waals surface area contributed by atoms with Gasteiger partial charge in [0.1, 0.15) is 5.82 Å². The van der Waals surface area contributed by atoms with Crippen LogP contribution >= 0.6 is 0 Å². The highest BCUT2D eigenvalue weighted by molar-refractivity contribution is 5.91. The summed E-state index contributed by atoms with van der Waals surface area (Å²) < 4.78 is 28.4. The number of amides is 1. The summed E-state index contributed by atoms with van der Waals surface area (Å²) in [5.74, 6) is -0.840. The molecule has 1 aliphatic rings. The van der Waals surface area contributed by atoms with E-state index < -0.39 is 11.6 Å². The van der Waals surface area contributed by atoms with E-state index in [4.69, 9.17) is 4.98 Å². The highest BCUT2D eigenvalue weighted by Gasteiger charge is 2.14. The summed E-state index contributed by atoms with van der Waals surface area (Å²) in [7, 11) is 0. The van der Waals surface area contributed by atoms with E-state index in [-0.39, 0.29) is 12.3 Å². The third-order valence-corrected chi connectivity index (χ3v) is 4.98. The van der Waals surface area contributed by atoms with E-state index in [2.05, 4.69) is 16.1 Å². The first-order chi connectivity index (χ1) is 13.6. The van der Waals surface area contributed by atoms with Crippen LogP contribution in [0.4, 0.5) is 14.5 Å². The molecule has 144 valence electrons. The lowest BCUT2D eigenvalue weighted by Crippen LogP contribution is -2.12. The zero-order valence-electron chi connectivity index (χ0n) is 15.4. The van der Waals surface area contributed by atoms with E-state index in [1.165, 1.54) is 18.9 Å². The number of hydrogen-bond acceptors (Lipinski definition) is 2. The first-order valence-electron chi connectivity index (χ1n) is 9.49. The maximum absolute atomic E-state index is 13.3. The number of carbonyl (C=O) groups excluding carboxylic acids is 1. The molecule has 6 heteroatoms. The van der Waals surface area contributed by atoms with Crippen LogP contribution in [-0.2, 0) is 24.2 Å². The SMILES string of the molecule is O=C(CCc1ccc(F)c(F)c1)Nc1cccc(-c2cn3c(n2)CCCC3)c1. The highest BCUT2D eigenvalue weighted by atomic mass is 19.2. The molecule has 1 aromatic heterocycles. The van der Waals surface area contributed by atoms with Crippen LogP contribution in [0.2, 0.25) is 0 Å². The minimum atomic E-state index is -0.895.